The molecule has 2 aliphatic rings. The lowest BCUT2D eigenvalue weighted by molar-refractivity contribution is 0.114. The second kappa shape index (κ2) is 12.3. The molecule has 1 aliphatic heterocycles. The van der Waals surface area contributed by atoms with Crippen LogP contribution in [0, 0.1) is 11.7 Å². The van der Waals surface area contributed by atoms with Crippen LogP contribution in [0.25, 0.3) is 11.2 Å². The van der Waals surface area contributed by atoms with Crippen molar-refractivity contribution in [2.45, 2.75) is 45.3 Å². The Morgan fingerprint density at radius 3 is 2.80 bits per heavy atom. The number of fused-ring (bicyclic) bond motifs is 1. The first-order chi connectivity index (χ1) is 19.3. The Labute approximate surface area is 229 Å². The first-order valence-electron chi connectivity index (χ1n) is 13.0. The lowest BCUT2D eigenvalue weighted by atomic mass is 9.87. The van der Waals surface area contributed by atoms with Gasteiger partial charge in [0.15, 0.2) is 22.7 Å². The molecule has 214 valence electrons. The summed E-state index contributed by atoms with van der Waals surface area (Å²) in [5.41, 5.74) is 6.12. The van der Waals surface area contributed by atoms with E-state index >= 15 is 0 Å². The number of rotatable bonds is 12. The van der Waals surface area contributed by atoms with Gasteiger partial charge in [0.2, 0.25) is 5.95 Å². The third-order valence-corrected chi connectivity index (χ3v) is 8.18. The smallest absolute Gasteiger partial charge is 0.356 e. The number of aromatic amines is 1. The maximum Gasteiger partial charge on any atom is 0.356 e. The molecule has 3 aromatic rings. The fraction of sp³-hybridized carbons (Fsp3) is 0.423. The number of halogens is 1. The van der Waals surface area contributed by atoms with Gasteiger partial charge in [0, 0.05) is 12.5 Å². The number of nitrogen functional groups attached to an aromatic ring is 1. The van der Waals surface area contributed by atoms with Gasteiger partial charge in [-0.15, -0.1) is 0 Å². The molecule has 0 spiro atoms. The Kier molecular flexibility index (Phi) is 8.65. The number of imidazole rings is 1. The van der Waals surface area contributed by atoms with Gasteiger partial charge in [-0.3, -0.25) is 18.9 Å². The number of benzene rings is 1. The zero-order chi connectivity index (χ0) is 28.1. The predicted octanol–water partition coefficient (Wildman–Crippen LogP) is 4.55. The summed E-state index contributed by atoms with van der Waals surface area (Å²) in [6, 6.07) is 5.79. The van der Waals surface area contributed by atoms with Gasteiger partial charge < -0.3 is 29.0 Å². The van der Waals surface area contributed by atoms with Crippen LogP contribution in [0.15, 0.2) is 59.4 Å². The van der Waals surface area contributed by atoms with Crippen LogP contribution in [0.3, 0.4) is 0 Å². The van der Waals surface area contributed by atoms with Gasteiger partial charge in [-0.2, -0.15) is 4.98 Å². The summed E-state index contributed by atoms with van der Waals surface area (Å²) < 4.78 is 57.6. The molecule has 0 amide bonds. The number of aromatic nitrogens is 4. The van der Waals surface area contributed by atoms with E-state index < -0.39 is 19.0 Å². The van der Waals surface area contributed by atoms with Crippen molar-refractivity contribution < 1.29 is 32.2 Å². The molecular formula is C26H31FN5O7P. The van der Waals surface area contributed by atoms with Crippen LogP contribution in [0.5, 0.6) is 0 Å². The molecular weight excluding hydrogens is 544 g/mol. The van der Waals surface area contributed by atoms with Gasteiger partial charge in [0.1, 0.15) is 18.8 Å². The second-order valence-corrected chi connectivity index (χ2v) is 11.6. The average Bonchev–Trinajstić information content (AvgIpc) is 3.52. The number of hydrogen-bond donors (Lipinski definition) is 2. The minimum absolute atomic E-state index is 0.0356. The van der Waals surface area contributed by atoms with Gasteiger partial charge in [0.25, 0.3) is 11.5 Å². The van der Waals surface area contributed by atoms with Crippen LogP contribution in [0.2, 0.25) is 0 Å². The van der Waals surface area contributed by atoms with E-state index in [1.807, 2.05) is 0 Å². The zero-order valence-electron chi connectivity index (χ0n) is 21.8. The highest BCUT2D eigenvalue weighted by Gasteiger charge is 2.33. The third kappa shape index (κ3) is 6.79. The fourth-order valence-electron chi connectivity index (χ4n) is 4.71. The molecule has 0 radical (unpaired) electrons. The molecule has 1 aromatic carbocycles. The highest BCUT2D eigenvalue weighted by atomic mass is 31.2. The molecule has 3 N–H and O–H groups in total. The van der Waals surface area contributed by atoms with E-state index in [0.717, 1.165) is 25.7 Å². The van der Waals surface area contributed by atoms with Crippen molar-refractivity contribution in [3.8, 4) is 0 Å². The normalized spacial score (nSPS) is 17.7. The van der Waals surface area contributed by atoms with Crippen molar-refractivity contribution in [3.05, 3.63) is 76.4 Å². The summed E-state index contributed by atoms with van der Waals surface area (Å²) in [7, 11) is -3.87. The third-order valence-electron chi connectivity index (χ3n) is 6.64. The largest absolute Gasteiger partial charge is 0.427 e. The maximum atomic E-state index is 13.8. The van der Waals surface area contributed by atoms with Crippen LogP contribution in [-0.4, -0.2) is 39.1 Å². The number of allylic oxidation sites excluding steroid dienone is 1. The average molecular weight is 576 g/mol. The van der Waals surface area contributed by atoms with E-state index in [-0.39, 0.29) is 56.0 Å². The Morgan fingerprint density at radius 2 is 2.00 bits per heavy atom. The molecule has 1 fully saturated rings. The minimum Gasteiger partial charge on any atom is -0.427 e. The molecule has 2 aromatic heterocycles. The Hall–Kier alpha value is -3.51. The van der Waals surface area contributed by atoms with Crippen LogP contribution in [0.4, 0.5) is 10.3 Å². The molecule has 0 saturated heterocycles. The monoisotopic (exact) mass is 575 g/mol. The molecule has 1 atom stereocenters. The number of ether oxygens (including phenoxy) is 3. The number of hydrogen-bond acceptors (Lipinski definition) is 10. The van der Waals surface area contributed by atoms with Crippen LogP contribution in [-0.2, 0) is 41.0 Å². The predicted molar refractivity (Wildman–Crippen MR) is 143 cm³/mol. The minimum atomic E-state index is -3.87. The van der Waals surface area contributed by atoms with Gasteiger partial charge in [-0.1, -0.05) is 31.4 Å². The van der Waals surface area contributed by atoms with Crippen LogP contribution < -0.4 is 11.3 Å². The summed E-state index contributed by atoms with van der Waals surface area (Å²) in [6.07, 6.45) is 6.32. The topological polar surface area (TPSA) is 153 Å². The van der Waals surface area contributed by atoms with Crippen molar-refractivity contribution in [2.75, 3.05) is 25.3 Å². The lowest BCUT2D eigenvalue weighted by Gasteiger charge is -2.22. The molecule has 14 heteroatoms. The highest BCUT2D eigenvalue weighted by Crippen LogP contribution is 2.50. The maximum absolute atomic E-state index is 13.8. The van der Waals surface area contributed by atoms with E-state index in [4.69, 9.17) is 29.0 Å². The Bertz CT molecular complexity index is 1510. The number of nitrogens with zero attached hydrogens (tertiary/aromatic N) is 3. The number of nitrogens with two attached hydrogens (primary N) is 1. The summed E-state index contributed by atoms with van der Waals surface area (Å²) in [6.45, 7) is 3.73. The van der Waals surface area contributed by atoms with Crippen molar-refractivity contribution in [1.29, 1.82) is 0 Å². The summed E-state index contributed by atoms with van der Waals surface area (Å²) in [5, 5.41) is 0. The molecule has 1 saturated carbocycles. The fourth-order valence-corrected chi connectivity index (χ4v) is 5.94. The zero-order valence-corrected chi connectivity index (χ0v) is 22.7. The van der Waals surface area contributed by atoms with Crippen molar-refractivity contribution in [2.24, 2.45) is 5.92 Å². The SMILES string of the molecule is C=C1OC(COP(=O)(COCCn2cnc3c(=O)[nH]c(N)nc32)OCc2cccc(F)c2)=C(C2CCCCC2)O1. The van der Waals surface area contributed by atoms with Crippen molar-refractivity contribution in [3.63, 3.8) is 0 Å². The Balaban J connectivity index is 1.25. The first-order valence-corrected chi connectivity index (χ1v) is 14.7. The van der Waals surface area contributed by atoms with Gasteiger partial charge in [-0.25, -0.2) is 9.37 Å². The van der Waals surface area contributed by atoms with E-state index in [1.165, 1.54) is 30.9 Å². The molecule has 5 rings (SSSR count). The number of anilines is 1. The summed E-state index contributed by atoms with van der Waals surface area (Å²) >= 11 is 0. The van der Waals surface area contributed by atoms with Crippen LogP contribution >= 0.6 is 7.60 Å². The molecule has 0 bridgehead atoms. The standard InChI is InChI=1S/C26H31FN5O7P/c1-17-38-21(23(39-17)19-7-3-2-4-8-19)14-37-40(34,36-13-18-6-5-9-20(27)12-18)16-35-11-10-32-15-29-22-24(32)30-26(28)31-25(22)33/h5-6,9,12,15,19H,1-4,7-8,10-11,13-14,16H2,(H3,28,30,31,33). The van der Waals surface area contributed by atoms with E-state index in [9.17, 15) is 13.8 Å². The number of H-pyrrole nitrogens is 1. The van der Waals surface area contributed by atoms with Crippen LogP contribution in [0.1, 0.15) is 37.7 Å². The van der Waals surface area contributed by atoms with E-state index in [2.05, 4.69) is 21.5 Å². The van der Waals surface area contributed by atoms with E-state index in [1.54, 1.807) is 10.6 Å². The summed E-state index contributed by atoms with van der Waals surface area (Å²) in [5.74, 6) is 0.903. The highest BCUT2D eigenvalue weighted by molar-refractivity contribution is 7.53. The molecule has 3 heterocycles. The second-order valence-electron chi connectivity index (χ2n) is 9.58. The lowest BCUT2D eigenvalue weighted by Crippen LogP contribution is -2.14. The summed E-state index contributed by atoms with van der Waals surface area (Å²) in [4.78, 5) is 22.6. The Morgan fingerprint density at radius 1 is 1.20 bits per heavy atom. The number of nitrogens with one attached hydrogen (secondary N) is 1. The van der Waals surface area contributed by atoms with E-state index in [0.29, 0.717) is 22.7 Å². The molecule has 1 aliphatic carbocycles. The van der Waals surface area contributed by atoms with Gasteiger partial charge >= 0.3 is 7.60 Å². The van der Waals surface area contributed by atoms with Crippen molar-refractivity contribution in [1.82, 2.24) is 19.5 Å². The molecule has 12 nitrogen and oxygen atoms in total. The van der Waals surface area contributed by atoms with Gasteiger partial charge in [0.05, 0.1) is 19.5 Å². The first kappa shape index (κ1) is 28.0. The molecule has 1 unspecified atom stereocenters. The van der Waals surface area contributed by atoms with Gasteiger partial charge in [-0.05, 0) is 37.1 Å². The quantitative estimate of drug-likeness (QED) is 0.232. The van der Waals surface area contributed by atoms with Crippen molar-refractivity contribution >= 4 is 24.7 Å². The molecule has 40 heavy (non-hydrogen) atoms.